The number of nitrogens with two attached hydrogens (primary N) is 1. The van der Waals surface area contributed by atoms with Gasteiger partial charge in [0.1, 0.15) is 11.5 Å². The molecule has 3 aromatic rings. The van der Waals surface area contributed by atoms with Crippen LogP contribution in [-0.2, 0) is 0 Å². The summed E-state index contributed by atoms with van der Waals surface area (Å²) in [7, 11) is 0. The van der Waals surface area contributed by atoms with E-state index < -0.39 is 0 Å². The molecule has 0 unspecified atom stereocenters. The van der Waals surface area contributed by atoms with Gasteiger partial charge in [-0.05, 0) is 42.5 Å². The first kappa shape index (κ1) is 12.0. The predicted octanol–water partition coefficient (Wildman–Crippen LogP) is 3.48. The van der Waals surface area contributed by atoms with Gasteiger partial charge >= 0.3 is 0 Å². The van der Waals surface area contributed by atoms with Gasteiger partial charge in [0.05, 0.1) is 22.8 Å². The summed E-state index contributed by atoms with van der Waals surface area (Å²) in [5.74, 6) is 1.22. The molecule has 0 bridgehead atoms. The SMILES string of the molecule is N#Cc1ccc(Oc2cccc3ncccc23)c(N)c1. The van der Waals surface area contributed by atoms with Crippen LogP contribution in [0, 0.1) is 11.3 Å². The molecule has 0 atom stereocenters. The number of nitrogen functional groups attached to an aromatic ring is 1. The molecule has 0 spiro atoms. The van der Waals surface area contributed by atoms with Gasteiger partial charge in [0.15, 0.2) is 0 Å². The first-order chi connectivity index (χ1) is 9.78. The lowest BCUT2D eigenvalue weighted by Gasteiger charge is -2.10. The largest absolute Gasteiger partial charge is 0.454 e. The molecule has 0 amide bonds. The molecule has 1 heterocycles. The third kappa shape index (κ3) is 2.13. The van der Waals surface area contributed by atoms with Gasteiger partial charge in [-0.25, -0.2) is 0 Å². The Hall–Kier alpha value is -3.06. The van der Waals surface area contributed by atoms with E-state index >= 15 is 0 Å². The van der Waals surface area contributed by atoms with Crippen LogP contribution in [0.5, 0.6) is 11.5 Å². The Labute approximate surface area is 116 Å². The van der Waals surface area contributed by atoms with Crippen molar-refractivity contribution in [2.45, 2.75) is 0 Å². The third-order valence-electron chi connectivity index (χ3n) is 2.96. The van der Waals surface area contributed by atoms with Crippen LogP contribution in [0.1, 0.15) is 5.56 Å². The summed E-state index contributed by atoms with van der Waals surface area (Å²) < 4.78 is 5.85. The standard InChI is InChI=1S/C16H11N3O/c17-10-11-6-7-16(13(18)9-11)20-15-5-1-4-14-12(15)3-2-8-19-14/h1-9H,18H2. The summed E-state index contributed by atoms with van der Waals surface area (Å²) in [5, 5.41) is 9.74. The van der Waals surface area contributed by atoms with Crippen molar-refractivity contribution in [1.29, 1.82) is 5.26 Å². The topological polar surface area (TPSA) is 71.9 Å². The molecule has 3 rings (SSSR count). The Morgan fingerprint density at radius 3 is 2.75 bits per heavy atom. The number of pyridine rings is 1. The molecule has 2 aromatic carbocycles. The van der Waals surface area contributed by atoms with Crippen molar-refractivity contribution in [1.82, 2.24) is 4.98 Å². The summed E-state index contributed by atoms with van der Waals surface area (Å²) in [4.78, 5) is 4.28. The lowest BCUT2D eigenvalue weighted by Crippen LogP contribution is -1.93. The lowest BCUT2D eigenvalue weighted by molar-refractivity contribution is 0.490. The fourth-order valence-corrected chi connectivity index (χ4v) is 1.99. The van der Waals surface area contributed by atoms with Gasteiger partial charge in [0, 0.05) is 11.6 Å². The zero-order valence-electron chi connectivity index (χ0n) is 10.6. The Bertz CT molecular complexity index is 816. The number of hydrogen-bond donors (Lipinski definition) is 1. The first-order valence-electron chi connectivity index (χ1n) is 6.09. The number of ether oxygens (including phenoxy) is 1. The second-order valence-corrected chi connectivity index (χ2v) is 4.29. The monoisotopic (exact) mass is 261 g/mol. The Kier molecular flexibility index (Phi) is 2.94. The van der Waals surface area contributed by atoms with Crippen molar-refractivity contribution in [2.75, 3.05) is 5.73 Å². The van der Waals surface area contributed by atoms with Crippen molar-refractivity contribution in [3.63, 3.8) is 0 Å². The number of anilines is 1. The van der Waals surface area contributed by atoms with Crippen LogP contribution in [0.4, 0.5) is 5.69 Å². The number of fused-ring (bicyclic) bond motifs is 1. The quantitative estimate of drug-likeness (QED) is 0.717. The highest BCUT2D eigenvalue weighted by Crippen LogP contribution is 2.32. The van der Waals surface area contributed by atoms with Gasteiger partial charge in [-0.1, -0.05) is 6.07 Å². The third-order valence-corrected chi connectivity index (χ3v) is 2.96. The molecule has 0 aliphatic heterocycles. The highest BCUT2D eigenvalue weighted by atomic mass is 16.5. The maximum atomic E-state index is 8.83. The van der Waals surface area contributed by atoms with E-state index in [2.05, 4.69) is 4.98 Å². The highest BCUT2D eigenvalue weighted by molar-refractivity contribution is 5.85. The van der Waals surface area contributed by atoms with E-state index in [1.54, 1.807) is 24.4 Å². The molecule has 0 aliphatic carbocycles. The molecule has 0 fully saturated rings. The van der Waals surface area contributed by atoms with Crippen LogP contribution in [-0.4, -0.2) is 4.98 Å². The van der Waals surface area contributed by atoms with Gasteiger partial charge in [-0.3, -0.25) is 4.98 Å². The highest BCUT2D eigenvalue weighted by Gasteiger charge is 2.07. The van der Waals surface area contributed by atoms with Crippen molar-refractivity contribution < 1.29 is 4.74 Å². The van der Waals surface area contributed by atoms with Crippen LogP contribution in [0.25, 0.3) is 10.9 Å². The number of hydrogen-bond acceptors (Lipinski definition) is 4. The maximum absolute atomic E-state index is 8.83. The van der Waals surface area contributed by atoms with E-state index in [0.29, 0.717) is 22.7 Å². The Balaban J connectivity index is 2.04. The van der Waals surface area contributed by atoms with Crippen LogP contribution in [0.2, 0.25) is 0 Å². The van der Waals surface area contributed by atoms with Crippen molar-refractivity contribution in [3.8, 4) is 17.6 Å². The summed E-state index contributed by atoms with van der Waals surface area (Å²) in [5.41, 5.74) is 7.70. The van der Waals surface area contributed by atoms with Gasteiger partial charge in [0.25, 0.3) is 0 Å². The van der Waals surface area contributed by atoms with Crippen molar-refractivity contribution >= 4 is 16.6 Å². The number of nitriles is 1. The Morgan fingerprint density at radius 1 is 1.05 bits per heavy atom. The molecule has 4 heteroatoms. The maximum Gasteiger partial charge on any atom is 0.150 e. The summed E-state index contributed by atoms with van der Waals surface area (Å²) in [6.45, 7) is 0. The van der Waals surface area contributed by atoms with E-state index in [4.69, 9.17) is 15.7 Å². The molecule has 0 radical (unpaired) electrons. The Morgan fingerprint density at radius 2 is 1.95 bits per heavy atom. The molecular weight excluding hydrogens is 250 g/mol. The van der Waals surface area contributed by atoms with Crippen molar-refractivity contribution in [2.24, 2.45) is 0 Å². The minimum absolute atomic E-state index is 0.435. The predicted molar refractivity (Wildman–Crippen MR) is 77.4 cm³/mol. The first-order valence-corrected chi connectivity index (χ1v) is 6.09. The zero-order valence-corrected chi connectivity index (χ0v) is 10.6. The number of rotatable bonds is 2. The molecule has 1 aromatic heterocycles. The lowest BCUT2D eigenvalue weighted by atomic mass is 10.2. The van der Waals surface area contributed by atoms with E-state index in [1.807, 2.05) is 36.4 Å². The number of benzene rings is 2. The number of aromatic nitrogens is 1. The molecule has 4 nitrogen and oxygen atoms in total. The molecule has 0 saturated carbocycles. The second kappa shape index (κ2) is 4.90. The van der Waals surface area contributed by atoms with Crippen molar-refractivity contribution in [3.05, 3.63) is 60.3 Å². The molecule has 20 heavy (non-hydrogen) atoms. The molecule has 2 N–H and O–H groups in total. The zero-order chi connectivity index (χ0) is 13.9. The van der Waals surface area contributed by atoms with E-state index in [9.17, 15) is 0 Å². The average Bonchev–Trinajstić information content (AvgIpc) is 2.49. The van der Waals surface area contributed by atoms with E-state index in [0.717, 1.165) is 10.9 Å². The van der Waals surface area contributed by atoms with Crippen LogP contribution in [0.3, 0.4) is 0 Å². The fourth-order valence-electron chi connectivity index (χ4n) is 1.99. The average molecular weight is 261 g/mol. The van der Waals surface area contributed by atoms with Gasteiger partial charge in [-0.2, -0.15) is 5.26 Å². The fraction of sp³-hybridized carbons (Fsp3) is 0. The molecule has 96 valence electrons. The van der Waals surface area contributed by atoms with Gasteiger partial charge < -0.3 is 10.5 Å². The summed E-state index contributed by atoms with van der Waals surface area (Å²) in [6, 6.07) is 16.5. The minimum Gasteiger partial charge on any atom is -0.454 e. The van der Waals surface area contributed by atoms with Crippen LogP contribution < -0.4 is 10.5 Å². The van der Waals surface area contributed by atoms with E-state index in [-0.39, 0.29) is 0 Å². The molecule has 0 saturated heterocycles. The van der Waals surface area contributed by atoms with Gasteiger partial charge in [0.2, 0.25) is 0 Å². The second-order valence-electron chi connectivity index (χ2n) is 4.29. The number of nitrogens with zero attached hydrogens (tertiary/aromatic N) is 2. The van der Waals surface area contributed by atoms with Crippen LogP contribution >= 0.6 is 0 Å². The molecule has 0 aliphatic rings. The summed E-state index contributed by atoms with van der Waals surface area (Å²) in [6.07, 6.45) is 1.74. The molecular formula is C16H11N3O. The normalized spacial score (nSPS) is 10.2. The summed E-state index contributed by atoms with van der Waals surface area (Å²) >= 11 is 0. The van der Waals surface area contributed by atoms with Crippen LogP contribution in [0.15, 0.2) is 54.7 Å². The van der Waals surface area contributed by atoms with Gasteiger partial charge in [-0.15, -0.1) is 0 Å². The minimum atomic E-state index is 0.435. The van der Waals surface area contributed by atoms with E-state index in [1.165, 1.54) is 0 Å². The smallest absolute Gasteiger partial charge is 0.150 e.